The molecule has 0 saturated carbocycles. The number of nitrogens with zero attached hydrogens (tertiary/aromatic N) is 5. The summed E-state index contributed by atoms with van der Waals surface area (Å²) >= 11 is 0. The SMILES string of the molecule is N#CCC(c1ccccc1C(N)=O)n1cc(-c2ncnc3[nH]ccc23)cn1. The highest BCUT2D eigenvalue weighted by Crippen LogP contribution is 2.29. The maximum absolute atomic E-state index is 11.8. The van der Waals surface area contributed by atoms with Crippen LogP contribution in [0.5, 0.6) is 0 Å². The number of nitriles is 1. The molecular formula is C19H15N7O. The predicted octanol–water partition coefficient (Wildman–Crippen LogP) is 2.42. The monoisotopic (exact) mass is 357 g/mol. The van der Waals surface area contributed by atoms with E-state index in [4.69, 9.17) is 5.73 Å². The maximum Gasteiger partial charge on any atom is 0.249 e. The van der Waals surface area contributed by atoms with Crippen LogP contribution in [0.4, 0.5) is 0 Å². The van der Waals surface area contributed by atoms with Crippen molar-refractivity contribution >= 4 is 16.9 Å². The predicted molar refractivity (Wildman–Crippen MR) is 98.4 cm³/mol. The fourth-order valence-corrected chi connectivity index (χ4v) is 3.18. The van der Waals surface area contributed by atoms with Crippen LogP contribution >= 0.6 is 0 Å². The summed E-state index contributed by atoms with van der Waals surface area (Å²) in [6.45, 7) is 0. The fourth-order valence-electron chi connectivity index (χ4n) is 3.18. The van der Waals surface area contributed by atoms with Gasteiger partial charge in [0.25, 0.3) is 0 Å². The number of rotatable bonds is 5. The van der Waals surface area contributed by atoms with E-state index in [-0.39, 0.29) is 6.42 Å². The van der Waals surface area contributed by atoms with E-state index in [0.29, 0.717) is 11.1 Å². The second-order valence-electron chi connectivity index (χ2n) is 6.00. The zero-order chi connectivity index (χ0) is 18.8. The number of aromatic amines is 1. The van der Waals surface area contributed by atoms with Gasteiger partial charge >= 0.3 is 0 Å². The van der Waals surface area contributed by atoms with Crippen molar-refractivity contribution in [2.24, 2.45) is 5.73 Å². The molecule has 1 unspecified atom stereocenters. The summed E-state index contributed by atoms with van der Waals surface area (Å²) < 4.78 is 1.67. The topological polar surface area (TPSA) is 126 Å². The molecule has 27 heavy (non-hydrogen) atoms. The van der Waals surface area contributed by atoms with Crippen molar-refractivity contribution in [1.29, 1.82) is 5.26 Å². The first-order valence-corrected chi connectivity index (χ1v) is 8.27. The Bertz CT molecular complexity index is 1170. The molecule has 8 heteroatoms. The standard InChI is InChI=1S/C19H15N7O/c20-7-5-16(13-3-1-2-4-14(13)18(21)27)26-10-12(9-25-26)17-15-6-8-22-19(15)24-11-23-17/h1-4,6,8-11,16H,5H2,(H2,21,27)(H,22,23,24). The van der Waals surface area contributed by atoms with Crippen LogP contribution in [-0.2, 0) is 0 Å². The van der Waals surface area contributed by atoms with Crippen LogP contribution in [0, 0.1) is 11.3 Å². The first kappa shape index (κ1) is 16.5. The van der Waals surface area contributed by atoms with Crippen LogP contribution in [0.25, 0.3) is 22.3 Å². The highest BCUT2D eigenvalue weighted by molar-refractivity contribution is 5.94. The number of H-pyrrole nitrogens is 1. The zero-order valence-corrected chi connectivity index (χ0v) is 14.2. The molecule has 0 bridgehead atoms. The normalized spacial score (nSPS) is 12.0. The summed E-state index contributed by atoms with van der Waals surface area (Å²) in [5, 5.41) is 14.6. The van der Waals surface area contributed by atoms with Gasteiger partial charge < -0.3 is 10.7 Å². The minimum Gasteiger partial charge on any atom is -0.366 e. The number of aromatic nitrogens is 5. The second-order valence-corrected chi connectivity index (χ2v) is 6.00. The number of carbonyl (C=O) groups excluding carboxylic acids is 1. The Kier molecular flexibility index (Phi) is 4.10. The molecule has 1 atom stereocenters. The fraction of sp³-hybridized carbons (Fsp3) is 0.105. The quantitative estimate of drug-likeness (QED) is 0.567. The van der Waals surface area contributed by atoms with Gasteiger partial charge in [-0.25, -0.2) is 9.97 Å². The largest absolute Gasteiger partial charge is 0.366 e. The number of amides is 1. The number of nitrogens with one attached hydrogen (secondary N) is 1. The lowest BCUT2D eigenvalue weighted by atomic mass is 9.98. The van der Waals surface area contributed by atoms with E-state index in [1.165, 1.54) is 6.33 Å². The highest BCUT2D eigenvalue weighted by atomic mass is 16.1. The van der Waals surface area contributed by atoms with E-state index in [1.54, 1.807) is 35.3 Å². The Morgan fingerprint density at radius 1 is 1.30 bits per heavy atom. The average molecular weight is 357 g/mol. The third kappa shape index (κ3) is 2.91. The van der Waals surface area contributed by atoms with Gasteiger partial charge in [-0.05, 0) is 17.7 Å². The van der Waals surface area contributed by atoms with Crippen LogP contribution in [-0.4, -0.2) is 30.6 Å². The molecule has 0 aliphatic rings. The van der Waals surface area contributed by atoms with Gasteiger partial charge in [0.1, 0.15) is 12.0 Å². The Morgan fingerprint density at radius 2 is 2.15 bits per heavy atom. The van der Waals surface area contributed by atoms with E-state index in [9.17, 15) is 10.1 Å². The molecule has 3 N–H and O–H groups in total. The molecule has 3 aromatic heterocycles. The van der Waals surface area contributed by atoms with Crippen molar-refractivity contribution in [2.45, 2.75) is 12.5 Å². The minimum atomic E-state index is -0.536. The summed E-state index contributed by atoms with van der Waals surface area (Å²) in [7, 11) is 0. The number of hydrogen-bond acceptors (Lipinski definition) is 5. The molecule has 4 rings (SSSR count). The Labute approximate surface area is 154 Å². The first-order valence-electron chi connectivity index (χ1n) is 8.27. The summed E-state index contributed by atoms with van der Waals surface area (Å²) in [6, 6.07) is 10.6. The summed E-state index contributed by atoms with van der Waals surface area (Å²) in [4.78, 5) is 23.4. The molecule has 0 saturated heterocycles. The van der Waals surface area contributed by atoms with E-state index in [1.807, 2.05) is 18.3 Å². The molecule has 4 aromatic rings. The summed E-state index contributed by atoms with van der Waals surface area (Å²) in [5.41, 5.74) is 8.82. The Balaban J connectivity index is 1.80. The molecule has 0 radical (unpaired) electrons. The van der Waals surface area contributed by atoms with Gasteiger partial charge in [-0.15, -0.1) is 0 Å². The van der Waals surface area contributed by atoms with Crippen LogP contribution in [0.15, 0.2) is 55.2 Å². The molecular weight excluding hydrogens is 342 g/mol. The van der Waals surface area contributed by atoms with Crippen molar-refractivity contribution in [2.75, 3.05) is 0 Å². The minimum absolute atomic E-state index is 0.148. The molecule has 0 fully saturated rings. The molecule has 3 heterocycles. The highest BCUT2D eigenvalue weighted by Gasteiger charge is 2.21. The number of fused-ring (bicyclic) bond motifs is 1. The molecule has 0 spiro atoms. The van der Waals surface area contributed by atoms with E-state index < -0.39 is 11.9 Å². The molecule has 132 valence electrons. The van der Waals surface area contributed by atoms with Crippen molar-refractivity contribution in [3.63, 3.8) is 0 Å². The number of benzene rings is 1. The summed E-state index contributed by atoms with van der Waals surface area (Å²) in [5.74, 6) is -0.536. The van der Waals surface area contributed by atoms with Gasteiger partial charge in [0.05, 0.1) is 30.4 Å². The number of nitrogens with two attached hydrogens (primary N) is 1. The van der Waals surface area contributed by atoms with Gasteiger partial charge in [-0.1, -0.05) is 18.2 Å². The average Bonchev–Trinajstić information content (AvgIpc) is 3.35. The Morgan fingerprint density at radius 3 is 2.96 bits per heavy atom. The van der Waals surface area contributed by atoms with Crippen LogP contribution in [0.2, 0.25) is 0 Å². The molecule has 1 amide bonds. The lowest BCUT2D eigenvalue weighted by molar-refractivity contribution is 0.0998. The molecule has 1 aromatic carbocycles. The molecule has 0 aliphatic heterocycles. The van der Waals surface area contributed by atoms with Crippen LogP contribution in [0.1, 0.15) is 28.4 Å². The third-order valence-electron chi connectivity index (χ3n) is 4.42. The van der Waals surface area contributed by atoms with Crippen molar-refractivity contribution in [3.05, 3.63) is 66.4 Å². The van der Waals surface area contributed by atoms with E-state index in [2.05, 4.69) is 26.1 Å². The van der Waals surface area contributed by atoms with Gasteiger partial charge in [0.15, 0.2) is 0 Å². The lowest BCUT2D eigenvalue weighted by Gasteiger charge is -2.17. The molecule has 8 nitrogen and oxygen atoms in total. The number of primary amides is 1. The van der Waals surface area contributed by atoms with Crippen LogP contribution in [0.3, 0.4) is 0 Å². The van der Waals surface area contributed by atoms with Gasteiger partial charge in [-0.3, -0.25) is 9.48 Å². The van der Waals surface area contributed by atoms with E-state index in [0.717, 1.165) is 22.3 Å². The zero-order valence-electron chi connectivity index (χ0n) is 14.2. The molecule has 0 aliphatic carbocycles. The maximum atomic E-state index is 11.8. The van der Waals surface area contributed by atoms with Crippen molar-refractivity contribution in [1.82, 2.24) is 24.7 Å². The van der Waals surface area contributed by atoms with Crippen molar-refractivity contribution in [3.8, 4) is 17.3 Å². The number of carbonyl (C=O) groups is 1. The van der Waals surface area contributed by atoms with Gasteiger partial charge in [0, 0.05) is 28.9 Å². The summed E-state index contributed by atoms with van der Waals surface area (Å²) in [6.07, 6.45) is 6.94. The van der Waals surface area contributed by atoms with E-state index >= 15 is 0 Å². The second kappa shape index (κ2) is 6.72. The number of hydrogen-bond donors (Lipinski definition) is 2. The third-order valence-corrected chi connectivity index (χ3v) is 4.42. The first-order chi connectivity index (χ1) is 13.2. The smallest absolute Gasteiger partial charge is 0.249 e. The van der Waals surface area contributed by atoms with Crippen LogP contribution < -0.4 is 5.73 Å². The Hall–Kier alpha value is -3.99. The van der Waals surface area contributed by atoms with Crippen molar-refractivity contribution < 1.29 is 4.79 Å². The lowest BCUT2D eigenvalue weighted by Crippen LogP contribution is -2.19. The van der Waals surface area contributed by atoms with Gasteiger partial charge in [0.2, 0.25) is 5.91 Å². The van der Waals surface area contributed by atoms with Gasteiger partial charge in [-0.2, -0.15) is 10.4 Å².